The normalized spacial score (nSPS) is 12.3. The fourth-order valence-electron chi connectivity index (χ4n) is 2.00. The van der Waals surface area contributed by atoms with E-state index in [1.807, 2.05) is 5.38 Å². The average Bonchev–Trinajstić information content (AvgIpc) is 3.10. The van der Waals surface area contributed by atoms with Crippen LogP contribution in [-0.4, -0.2) is 24.2 Å². The van der Waals surface area contributed by atoms with Crippen LogP contribution in [0.3, 0.4) is 0 Å². The summed E-state index contributed by atoms with van der Waals surface area (Å²) in [4.78, 5) is 11.7. The average molecular weight is 279 g/mol. The van der Waals surface area contributed by atoms with Crippen LogP contribution in [0.4, 0.5) is 0 Å². The van der Waals surface area contributed by atoms with Crippen LogP contribution in [0, 0.1) is 0 Å². The maximum absolute atomic E-state index is 11.7. The number of carbonyl (C=O) groups is 1. The van der Waals surface area contributed by atoms with E-state index < -0.39 is 0 Å². The zero-order valence-electron chi connectivity index (χ0n) is 10.5. The lowest BCUT2D eigenvalue weighted by molar-refractivity contribution is 0.0951. The maximum Gasteiger partial charge on any atom is 0.254 e. The van der Waals surface area contributed by atoms with Gasteiger partial charge in [-0.1, -0.05) is 0 Å². The number of thiophene rings is 1. The molecule has 0 aliphatic carbocycles. The van der Waals surface area contributed by atoms with E-state index in [0.29, 0.717) is 18.0 Å². The minimum atomic E-state index is -0.123. The molecule has 0 bridgehead atoms. The minimum absolute atomic E-state index is 0.123. The first-order chi connectivity index (χ1) is 9.31. The highest BCUT2D eigenvalue weighted by molar-refractivity contribution is 7.07. The van der Waals surface area contributed by atoms with Gasteiger partial charge in [-0.15, -0.1) is 0 Å². The van der Waals surface area contributed by atoms with Crippen LogP contribution in [0.5, 0.6) is 0 Å². The molecular weight excluding hydrogens is 262 g/mol. The molecule has 0 spiro atoms. The van der Waals surface area contributed by atoms with E-state index in [1.54, 1.807) is 17.4 Å². The summed E-state index contributed by atoms with van der Waals surface area (Å²) in [5, 5.41) is 16.1. The van der Waals surface area contributed by atoms with Gasteiger partial charge in [0.15, 0.2) is 0 Å². The van der Waals surface area contributed by atoms with Crippen LogP contribution in [0.2, 0.25) is 0 Å². The SMILES string of the molecule is O=C(NCC[C@@H](CCO)c1ccsc1)c1ccoc1. The highest BCUT2D eigenvalue weighted by Gasteiger charge is 2.12. The van der Waals surface area contributed by atoms with Crippen molar-refractivity contribution < 1.29 is 14.3 Å². The molecule has 2 aromatic rings. The lowest BCUT2D eigenvalue weighted by Crippen LogP contribution is -2.25. The molecule has 0 saturated heterocycles. The van der Waals surface area contributed by atoms with Gasteiger partial charge in [0.1, 0.15) is 6.26 Å². The Morgan fingerprint density at radius 3 is 2.95 bits per heavy atom. The number of rotatable bonds is 7. The number of hydrogen-bond acceptors (Lipinski definition) is 4. The fraction of sp³-hybridized carbons (Fsp3) is 0.357. The van der Waals surface area contributed by atoms with Crippen molar-refractivity contribution in [3.05, 3.63) is 46.5 Å². The van der Waals surface area contributed by atoms with Gasteiger partial charge in [0, 0.05) is 13.2 Å². The molecule has 2 aromatic heterocycles. The van der Waals surface area contributed by atoms with Crippen molar-refractivity contribution >= 4 is 17.2 Å². The van der Waals surface area contributed by atoms with Crippen LogP contribution < -0.4 is 5.32 Å². The zero-order valence-corrected chi connectivity index (χ0v) is 11.4. The summed E-state index contributed by atoms with van der Waals surface area (Å²) in [5.74, 6) is 0.169. The van der Waals surface area contributed by atoms with Gasteiger partial charge in [-0.25, -0.2) is 0 Å². The second-order valence-corrected chi connectivity index (χ2v) is 5.10. The molecule has 4 nitrogen and oxygen atoms in total. The monoisotopic (exact) mass is 279 g/mol. The van der Waals surface area contributed by atoms with Crippen molar-refractivity contribution in [1.29, 1.82) is 0 Å². The lowest BCUT2D eigenvalue weighted by Gasteiger charge is -2.14. The van der Waals surface area contributed by atoms with Crippen LogP contribution in [0.15, 0.2) is 39.8 Å². The van der Waals surface area contributed by atoms with Crippen molar-refractivity contribution in [3.63, 3.8) is 0 Å². The Morgan fingerprint density at radius 2 is 2.32 bits per heavy atom. The van der Waals surface area contributed by atoms with E-state index in [0.717, 1.165) is 12.8 Å². The first kappa shape index (κ1) is 13.8. The van der Waals surface area contributed by atoms with Gasteiger partial charge in [0.25, 0.3) is 5.91 Å². The lowest BCUT2D eigenvalue weighted by atomic mass is 9.95. The first-order valence-electron chi connectivity index (χ1n) is 6.24. The highest BCUT2D eigenvalue weighted by Crippen LogP contribution is 2.24. The quantitative estimate of drug-likeness (QED) is 0.819. The topological polar surface area (TPSA) is 62.5 Å². The third-order valence-electron chi connectivity index (χ3n) is 3.05. The summed E-state index contributed by atoms with van der Waals surface area (Å²) < 4.78 is 4.87. The van der Waals surface area contributed by atoms with Crippen molar-refractivity contribution in [1.82, 2.24) is 5.32 Å². The standard InChI is InChI=1S/C14H17NO3S/c16-6-2-11(13-4-8-19-10-13)1-5-15-14(17)12-3-7-18-9-12/h3-4,7-11,16H,1-2,5-6H2,(H,15,17)/t11-/m0/s1. The van der Waals surface area contributed by atoms with E-state index in [4.69, 9.17) is 9.52 Å². The molecule has 2 rings (SSSR count). The van der Waals surface area contributed by atoms with Gasteiger partial charge < -0.3 is 14.8 Å². The van der Waals surface area contributed by atoms with Gasteiger partial charge >= 0.3 is 0 Å². The number of aliphatic hydroxyl groups is 1. The zero-order chi connectivity index (χ0) is 13.5. The Kier molecular flexibility index (Phi) is 5.18. The number of furan rings is 1. The summed E-state index contributed by atoms with van der Waals surface area (Å²) in [5.41, 5.74) is 1.77. The molecule has 1 amide bonds. The molecule has 0 unspecified atom stereocenters. The smallest absolute Gasteiger partial charge is 0.254 e. The van der Waals surface area contributed by atoms with E-state index in [1.165, 1.54) is 18.1 Å². The summed E-state index contributed by atoms with van der Waals surface area (Å²) in [6.45, 7) is 0.751. The first-order valence-corrected chi connectivity index (χ1v) is 7.19. The Bertz CT molecular complexity index is 479. The van der Waals surface area contributed by atoms with Gasteiger partial charge in [-0.3, -0.25) is 4.79 Å². The minimum Gasteiger partial charge on any atom is -0.472 e. The third-order valence-corrected chi connectivity index (χ3v) is 3.76. The Hall–Kier alpha value is -1.59. The molecule has 2 heterocycles. The third kappa shape index (κ3) is 3.94. The maximum atomic E-state index is 11.7. The van der Waals surface area contributed by atoms with E-state index >= 15 is 0 Å². The van der Waals surface area contributed by atoms with E-state index in [2.05, 4.69) is 16.8 Å². The number of aliphatic hydroxyl groups excluding tert-OH is 1. The number of amides is 1. The highest BCUT2D eigenvalue weighted by atomic mass is 32.1. The van der Waals surface area contributed by atoms with Crippen molar-refractivity contribution in [2.75, 3.05) is 13.2 Å². The molecule has 0 aromatic carbocycles. The van der Waals surface area contributed by atoms with E-state index in [-0.39, 0.29) is 12.5 Å². The molecule has 2 N–H and O–H groups in total. The fourth-order valence-corrected chi connectivity index (χ4v) is 2.74. The molecule has 0 fully saturated rings. The molecule has 0 aliphatic rings. The number of carbonyl (C=O) groups excluding carboxylic acids is 1. The molecule has 5 heteroatoms. The Morgan fingerprint density at radius 1 is 1.42 bits per heavy atom. The molecule has 1 atom stereocenters. The van der Waals surface area contributed by atoms with Crippen LogP contribution in [0.1, 0.15) is 34.7 Å². The summed E-state index contributed by atoms with van der Waals surface area (Å²) in [6.07, 6.45) is 4.45. The summed E-state index contributed by atoms with van der Waals surface area (Å²) in [7, 11) is 0. The predicted molar refractivity (Wildman–Crippen MR) is 74.4 cm³/mol. The van der Waals surface area contributed by atoms with Crippen LogP contribution in [-0.2, 0) is 0 Å². The van der Waals surface area contributed by atoms with Gasteiger partial charge in [-0.05, 0) is 47.2 Å². The van der Waals surface area contributed by atoms with Crippen molar-refractivity contribution in [2.24, 2.45) is 0 Å². The molecule has 0 saturated carbocycles. The van der Waals surface area contributed by atoms with Gasteiger partial charge in [0.05, 0.1) is 11.8 Å². The largest absolute Gasteiger partial charge is 0.472 e. The molecular formula is C14H17NO3S. The Balaban J connectivity index is 1.81. The second-order valence-electron chi connectivity index (χ2n) is 4.32. The molecule has 102 valence electrons. The number of hydrogen-bond donors (Lipinski definition) is 2. The van der Waals surface area contributed by atoms with Crippen molar-refractivity contribution in [2.45, 2.75) is 18.8 Å². The van der Waals surface area contributed by atoms with Crippen molar-refractivity contribution in [3.8, 4) is 0 Å². The molecule has 0 radical (unpaired) electrons. The van der Waals surface area contributed by atoms with Gasteiger partial charge in [-0.2, -0.15) is 11.3 Å². The predicted octanol–water partition coefficient (Wildman–Crippen LogP) is 2.63. The number of nitrogens with one attached hydrogen (secondary N) is 1. The second kappa shape index (κ2) is 7.11. The molecule has 19 heavy (non-hydrogen) atoms. The summed E-state index contributed by atoms with van der Waals surface area (Å²) in [6, 6.07) is 3.71. The Labute approximate surface area is 116 Å². The van der Waals surface area contributed by atoms with Crippen LogP contribution >= 0.6 is 11.3 Å². The van der Waals surface area contributed by atoms with E-state index in [9.17, 15) is 4.79 Å². The van der Waals surface area contributed by atoms with Gasteiger partial charge in [0.2, 0.25) is 0 Å². The van der Waals surface area contributed by atoms with Crippen LogP contribution in [0.25, 0.3) is 0 Å². The summed E-state index contributed by atoms with van der Waals surface area (Å²) >= 11 is 1.65. The molecule has 0 aliphatic heterocycles.